The highest BCUT2D eigenvalue weighted by molar-refractivity contribution is 9.10. The Bertz CT molecular complexity index is 1160. The van der Waals surface area contributed by atoms with E-state index in [1.165, 1.54) is 0 Å². The predicted molar refractivity (Wildman–Crippen MR) is 124 cm³/mol. The van der Waals surface area contributed by atoms with Crippen molar-refractivity contribution in [1.29, 1.82) is 0 Å². The second-order valence-corrected chi connectivity index (χ2v) is 8.79. The number of hydrogen-bond donors (Lipinski definition) is 1. The van der Waals surface area contributed by atoms with E-state index in [2.05, 4.69) is 20.7 Å². The minimum absolute atomic E-state index is 0.406. The lowest BCUT2D eigenvalue weighted by molar-refractivity contribution is -0.387. The third kappa shape index (κ3) is 5.53. The number of halogens is 8. The van der Waals surface area contributed by atoms with Gasteiger partial charge in [0.1, 0.15) is 5.41 Å². The Kier molecular flexibility index (Phi) is 9.21. The molecular formula is C23H22BrF7N2O4. The molecule has 1 N–H and O–H groups in total. The second kappa shape index (κ2) is 11.2. The maximum atomic E-state index is 15.2. The van der Waals surface area contributed by atoms with Crippen LogP contribution in [-0.2, 0) is 5.41 Å². The number of benzene rings is 2. The zero-order valence-corrected chi connectivity index (χ0v) is 21.3. The molecule has 0 radical (unpaired) electrons. The van der Waals surface area contributed by atoms with Crippen molar-refractivity contribution in [2.45, 2.75) is 63.9 Å². The first-order chi connectivity index (χ1) is 17.1. The van der Waals surface area contributed by atoms with Gasteiger partial charge in [0.15, 0.2) is 5.75 Å². The third-order valence-corrected chi connectivity index (χ3v) is 6.71. The molecule has 0 fully saturated rings. The molecular weight excluding hydrogens is 581 g/mol. The quantitative estimate of drug-likeness (QED) is 0.160. The fourth-order valence-electron chi connectivity index (χ4n) is 4.17. The average molecular weight is 603 g/mol. The first kappa shape index (κ1) is 30.3. The summed E-state index contributed by atoms with van der Waals surface area (Å²) in [6.45, 7) is -0.453. The number of nitro benzene ring substituents is 1. The number of rotatable bonds is 11. The number of alkyl halides is 6. The molecule has 0 saturated heterocycles. The van der Waals surface area contributed by atoms with Crippen molar-refractivity contribution in [3.8, 4) is 5.75 Å². The van der Waals surface area contributed by atoms with Crippen LogP contribution in [0.3, 0.4) is 0 Å². The Balaban J connectivity index is 2.76. The lowest BCUT2D eigenvalue weighted by Gasteiger charge is -2.45. The molecule has 0 saturated carbocycles. The highest BCUT2D eigenvalue weighted by Gasteiger charge is 2.66. The maximum absolute atomic E-state index is 15.2. The minimum Gasteiger partial charge on any atom is -0.433 e. The number of nitrogens with zero attached hydrogens (tertiary/aromatic N) is 1. The monoisotopic (exact) mass is 602 g/mol. The minimum atomic E-state index is -4.00. The van der Waals surface area contributed by atoms with Gasteiger partial charge in [0.2, 0.25) is 5.82 Å². The number of anilines is 1. The van der Waals surface area contributed by atoms with Gasteiger partial charge in [0.05, 0.1) is 16.2 Å². The fourth-order valence-corrected chi connectivity index (χ4v) is 4.71. The van der Waals surface area contributed by atoms with Crippen LogP contribution in [0.1, 0.15) is 56.0 Å². The summed E-state index contributed by atoms with van der Waals surface area (Å²) in [5.74, 6) is -11.8. The topological polar surface area (TPSA) is 81.5 Å². The van der Waals surface area contributed by atoms with Crippen LogP contribution in [0.15, 0.2) is 34.8 Å². The van der Waals surface area contributed by atoms with E-state index in [1.807, 2.05) is 5.32 Å². The van der Waals surface area contributed by atoms with E-state index in [-0.39, 0.29) is 0 Å². The molecule has 1 amide bonds. The van der Waals surface area contributed by atoms with E-state index < -0.39 is 92.5 Å². The number of nitro groups is 1. The van der Waals surface area contributed by atoms with Gasteiger partial charge < -0.3 is 10.1 Å². The third-order valence-electron chi connectivity index (χ3n) is 6.09. The Labute approximate surface area is 215 Å². The summed E-state index contributed by atoms with van der Waals surface area (Å²) in [5.41, 5.74) is -6.38. The van der Waals surface area contributed by atoms with E-state index in [4.69, 9.17) is 0 Å². The van der Waals surface area contributed by atoms with Crippen LogP contribution in [0.4, 0.5) is 42.1 Å². The normalized spacial score (nSPS) is 12.5. The van der Waals surface area contributed by atoms with E-state index in [9.17, 15) is 28.1 Å². The molecule has 2 aromatic rings. The lowest BCUT2D eigenvalue weighted by Crippen LogP contribution is -2.57. The first-order valence-corrected chi connectivity index (χ1v) is 11.7. The number of hydrogen-bond acceptors (Lipinski definition) is 4. The number of nitrogens with one attached hydrogen (secondary N) is 1. The number of carbonyl (C=O) groups is 1. The summed E-state index contributed by atoms with van der Waals surface area (Å²) in [6, 6.07) is 4.02. The van der Waals surface area contributed by atoms with Gasteiger partial charge in [-0.15, -0.1) is 0 Å². The van der Waals surface area contributed by atoms with Crippen LogP contribution in [0.25, 0.3) is 0 Å². The zero-order valence-electron chi connectivity index (χ0n) is 19.7. The van der Waals surface area contributed by atoms with Gasteiger partial charge in [-0.25, -0.2) is 17.6 Å². The Morgan fingerprint density at radius 1 is 1.08 bits per heavy atom. The molecule has 0 aliphatic heterocycles. The van der Waals surface area contributed by atoms with Gasteiger partial charge in [-0.2, -0.15) is 13.2 Å². The van der Waals surface area contributed by atoms with Crippen molar-refractivity contribution >= 4 is 33.2 Å². The standard InChI is InChI=1S/C23H22BrF7N2O4/c1-4-21(22(28,29)5-2,23(30,31)6-3)12-10-14(24)18(16(11-12)37-20(26)27)32-19(34)13-8-7-9-15(17(13)25)33(35)36/h7-11,20H,4-6H2,1-3H3,(H,32,34). The SMILES string of the molecule is CCC(F)(F)C(CC)(c1cc(Br)c(NC(=O)c2cccc([N+](=O)[O-])c2F)c(OC(F)F)c1)C(F)(F)CC. The largest absolute Gasteiger partial charge is 0.433 e. The van der Waals surface area contributed by atoms with Gasteiger partial charge >= 0.3 is 12.3 Å². The van der Waals surface area contributed by atoms with Gasteiger partial charge in [0.25, 0.3) is 17.8 Å². The molecule has 0 bridgehead atoms. The van der Waals surface area contributed by atoms with Gasteiger partial charge in [0, 0.05) is 23.4 Å². The first-order valence-electron chi connectivity index (χ1n) is 10.9. The molecule has 204 valence electrons. The summed E-state index contributed by atoms with van der Waals surface area (Å²) in [6.07, 6.45) is -2.78. The number of carbonyl (C=O) groups excluding carboxylic acids is 1. The summed E-state index contributed by atoms with van der Waals surface area (Å²) in [7, 11) is 0. The molecule has 0 spiro atoms. The predicted octanol–water partition coefficient (Wildman–Crippen LogP) is 8.09. The summed E-state index contributed by atoms with van der Waals surface area (Å²) in [4.78, 5) is 22.5. The molecule has 0 heterocycles. The average Bonchev–Trinajstić information content (AvgIpc) is 2.81. The van der Waals surface area contributed by atoms with Crippen molar-refractivity contribution in [3.63, 3.8) is 0 Å². The van der Waals surface area contributed by atoms with E-state index in [0.29, 0.717) is 6.07 Å². The highest BCUT2D eigenvalue weighted by atomic mass is 79.9. The lowest BCUT2D eigenvalue weighted by atomic mass is 9.66. The molecule has 0 aliphatic rings. The molecule has 0 aromatic heterocycles. The smallest absolute Gasteiger partial charge is 0.387 e. The molecule has 0 atom stereocenters. The van der Waals surface area contributed by atoms with Crippen LogP contribution < -0.4 is 10.1 Å². The van der Waals surface area contributed by atoms with Gasteiger partial charge in [-0.1, -0.05) is 26.8 Å². The second-order valence-electron chi connectivity index (χ2n) is 7.93. The highest BCUT2D eigenvalue weighted by Crippen LogP contribution is 2.57. The zero-order chi connectivity index (χ0) is 28.3. The van der Waals surface area contributed by atoms with Crippen molar-refractivity contribution in [3.05, 3.63) is 61.9 Å². The van der Waals surface area contributed by atoms with Gasteiger partial charge in [-0.05, 0) is 46.1 Å². The van der Waals surface area contributed by atoms with Crippen molar-refractivity contribution in [2.75, 3.05) is 5.32 Å². The molecule has 37 heavy (non-hydrogen) atoms. The van der Waals surface area contributed by atoms with E-state index in [1.54, 1.807) is 0 Å². The van der Waals surface area contributed by atoms with Crippen LogP contribution in [0, 0.1) is 15.9 Å². The van der Waals surface area contributed by atoms with Crippen molar-refractivity contribution in [1.82, 2.24) is 0 Å². The van der Waals surface area contributed by atoms with Crippen molar-refractivity contribution in [2.24, 2.45) is 0 Å². The van der Waals surface area contributed by atoms with Crippen molar-refractivity contribution < 1.29 is 45.2 Å². The van der Waals surface area contributed by atoms with Crippen LogP contribution in [0.2, 0.25) is 0 Å². The Morgan fingerprint density at radius 2 is 1.65 bits per heavy atom. The molecule has 2 aromatic carbocycles. The van der Waals surface area contributed by atoms with E-state index >= 15 is 17.6 Å². The van der Waals surface area contributed by atoms with Crippen LogP contribution in [-0.4, -0.2) is 29.3 Å². The maximum Gasteiger partial charge on any atom is 0.387 e. The summed E-state index contributed by atoms with van der Waals surface area (Å²) in [5, 5.41) is 13.0. The summed E-state index contributed by atoms with van der Waals surface area (Å²) >= 11 is 2.91. The molecule has 6 nitrogen and oxygen atoms in total. The van der Waals surface area contributed by atoms with Crippen LogP contribution in [0.5, 0.6) is 5.75 Å². The summed E-state index contributed by atoms with van der Waals surface area (Å²) < 4.78 is 106. The van der Waals surface area contributed by atoms with Crippen LogP contribution >= 0.6 is 15.9 Å². The molecule has 2 rings (SSSR count). The molecule has 14 heteroatoms. The molecule has 0 aliphatic carbocycles. The van der Waals surface area contributed by atoms with E-state index in [0.717, 1.165) is 45.0 Å². The number of amides is 1. The fraction of sp³-hybridized carbons (Fsp3) is 0.435. The Morgan fingerprint density at radius 3 is 2.11 bits per heavy atom. The van der Waals surface area contributed by atoms with Gasteiger partial charge in [-0.3, -0.25) is 14.9 Å². The number of ether oxygens (including phenoxy) is 1. The molecule has 0 unspecified atom stereocenters. The Hall–Kier alpha value is -2.90.